The molecule has 0 fully saturated rings. The summed E-state index contributed by atoms with van der Waals surface area (Å²) >= 11 is 0. The predicted octanol–water partition coefficient (Wildman–Crippen LogP) is -8.99. The van der Waals surface area contributed by atoms with Crippen LogP contribution in [0.4, 0.5) is 0 Å². The molecule has 0 radical (unpaired) electrons. The standard InChI is InChI=1S/3FH.Ho/h3*1H;/q;;;+3/p-3. The second kappa shape index (κ2) is 34.2. The second-order valence-corrected chi connectivity index (χ2v) is 0. The zero-order chi connectivity index (χ0) is 0. The molecule has 0 aliphatic heterocycles. The molecule has 0 N–H and O–H groups in total. The van der Waals surface area contributed by atoms with Crippen molar-refractivity contribution in [3.8, 4) is 0 Å². The Labute approximate surface area is 51.7 Å². The van der Waals surface area contributed by atoms with E-state index in [0.29, 0.717) is 0 Å². The van der Waals surface area contributed by atoms with Gasteiger partial charge in [-0.3, -0.25) is 0 Å². The first-order valence-electron chi connectivity index (χ1n) is 0. The molecule has 0 aromatic carbocycles. The van der Waals surface area contributed by atoms with Gasteiger partial charge in [0.1, 0.15) is 0 Å². The van der Waals surface area contributed by atoms with Gasteiger partial charge >= 0.3 is 37.7 Å². The van der Waals surface area contributed by atoms with Gasteiger partial charge in [-0.1, -0.05) is 0 Å². The Kier molecular flexibility index (Phi) is 642. The summed E-state index contributed by atoms with van der Waals surface area (Å²) in [7, 11) is 0. The summed E-state index contributed by atoms with van der Waals surface area (Å²) in [6, 6.07) is 0. The molecule has 0 saturated carbocycles. The van der Waals surface area contributed by atoms with Gasteiger partial charge in [-0.05, 0) is 0 Å². The second-order valence-electron chi connectivity index (χ2n) is 0. The minimum absolute atomic E-state index is 0. The molecule has 0 spiro atoms. The van der Waals surface area contributed by atoms with Crippen molar-refractivity contribution in [3.05, 3.63) is 0 Å². The Morgan fingerprint density at radius 2 is 0.500 bits per heavy atom. The van der Waals surface area contributed by atoms with Crippen molar-refractivity contribution in [2.45, 2.75) is 0 Å². The van der Waals surface area contributed by atoms with E-state index < -0.39 is 0 Å². The van der Waals surface area contributed by atoms with Crippen molar-refractivity contribution >= 4 is 0 Å². The maximum atomic E-state index is 0. The quantitative estimate of drug-likeness (QED) is 0.357. The third-order valence-corrected chi connectivity index (χ3v) is 0. The largest absolute Gasteiger partial charge is 3.00 e. The first-order valence-corrected chi connectivity index (χ1v) is 0. The summed E-state index contributed by atoms with van der Waals surface area (Å²) in [6.45, 7) is 0. The van der Waals surface area contributed by atoms with Crippen LogP contribution in [0.1, 0.15) is 0 Å². The van der Waals surface area contributed by atoms with Gasteiger partial charge in [-0.25, -0.2) is 0 Å². The zero-order valence-electron chi connectivity index (χ0n) is 1.44. The van der Waals surface area contributed by atoms with Gasteiger partial charge in [0.25, 0.3) is 0 Å². The van der Waals surface area contributed by atoms with E-state index in [4.69, 9.17) is 0 Å². The Morgan fingerprint density at radius 3 is 0.500 bits per heavy atom. The molecule has 0 atom stereocenters. The zero-order valence-corrected chi connectivity index (χ0v) is 3.37. The molecule has 0 aliphatic rings. The third kappa shape index (κ3) is 11.6. The molecule has 0 saturated heterocycles. The van der Waals surface area contributed by atoms with Crippen molar-refractivity contribution in [2.24, 2.45) is 0 Å². The summed E-state index contributed by atoms with van der Waals surface area (Å²) in [5.74, 6) is 0. The van der Waals surface area contributed by atoms with Gasteiger partial charge in [-0.15, -0.1) is 0 Å². The molecule has 32 valence electrons. The van der Waals surface area contributed by atoms with Gasteiger partial charge in [0, 0.05) is 0 Å². The maximum Gasteiger partial charge on any atom is 3.00 e. The molecular formula is F3Ho. The number of hydrogen-bond acceptors (Lipinski definition) is 0. The van der Waals surface area contributed by atoms with Crippen LogP contribution in [0.2, 0.25) is 0 Å². The van der Waals surface area contributed by atoms with E-state index in [0.717, 1.165) is 0 Å². The monoisotopic (exact) mass is 222 g/mol. The fourth-order valence-electron chi connectivity index (χ4n) is 0. The van der Waals surface area contributed by atoms with Crippen LogP contribution in [0, 0.1) is 37.7 Å². The summed E-state index contributed by atoms with van der Waals surface area (Å²) in [4.78, 5) is 0. The van der Waals surface area contributed by atoms with Crippen LogP contribution in [0.3, 0.4) is 0 Å². The number of rotatable bonds is 0. The molecule has 4 heteroatoms. The molecular weight excluding hydrogens is 222 g/mol. The smallest absolute Gasteiger partial charge is 1.00 e. The first-order chi connectivity index (χ1) is 0. The molecule has 0 aromatic heterocycles. The van der Waals surface area contributed by atoms with E-state index in [1.54, 1.807) is 0 Å². The Morgan fingerprint density at radius 1 is 0.500 bits per heavy atom. The van der Waals surface area contributed by atoms with Crippen molar-refractivity contribution in [3.63, 3.8) is 0 Å². The molecule has 0 aromatic rings. The average molecular weight is 222 g/mol. The average Bonchev–Trinajstić information content (AvgIpc) is 0. The molecule has 0 unspecified atom stereocenters. The predicted molar refractivity (Wildman–Crippen MR) is 0 cm³/mol. The van der Waals surface area contributed by atoms with E-state index in [-0.39, 0.29) is 51.9 Å². The van der Waals surface area contributed by atoms with Crippen molar-refractivity contribution in [1.29, 1.82) is 0 Å². The third-order valence-electron chi connectivity index (χ3n) is 0. The van der Waals surface area contributed by atoms with Crippen LogP contribution in [0.15, 0.2) is 0 Å². The van der Waals surface area contributed by atoms with Crippen LogP contribution in [0.25, 0.3) is 0 Å². The fourth-order valence-corrected chi connectivity index (χ4v) is 0. The van der Waals surface area contributed by atoms with Crippen molar-refractivity contribution in [1.82, 2.24) is 0 Å². The molecule has 0 rings (SSSR count). The number of halogens is 3. The molecule has 4 heavy (non-hydrogen) atoms. The molecule has 0 heterocycles. The van der Waals surface area contributed by atoms with Gasteiger partial charge in [0.2, 0.25) is 0 Å². The van der Waals surface area contributed by atoms with Gasteiger partial charge in [0.15, 0.2) is 0 Å². The summed E-state index contributed by atoms with van der Waals surface area (Å²) in [6.07, 6.45) is 0. The van der Waals surface area contributed by atoms with E-state index in [2.05, 4.69) is 0 Å². The molecule has 0 bridgehead atoms. The Hall–Kier alpha value is 1.05. The minimum Gasteiger partial charge on any atom is -1.00 e. The van der Waals surface area contributed by atoms with Crippen LogP contribution in [0.5, 0.6) is 0 Å². The van der Waals surface area contributed by atoms with E-state index >= 15 is 0 Å². The normalized spacial score (nSPS) is 0. The van der Waals surface area contributed by atoms with Gasteiger partial charge < -0.3 is 14.1 Å². The van der Waals surface area contributed by atoms with E-state index in [9.17, 15) is 0 Å². The van der Waals surface area contributed by atoms with Crippen molar-refractivity contribution in [2.75, 3.05) is 0 Å². The van der Waals surface area contributed by atoms with Crippen LogP contribution < -0.4 is 14.1 Å². The summed E-state index contributed by atoms with van der Waals surface area (Å²) < 4.78 is 0. The van der Waals surface area contributed by atoms with E-state index in [1.165, 1.54) is 0 Å². The van der Waals surface area contributed by atoms with Crippen LogP contribution >= 0.6 is 0 Å². The summed E-state index contributed by atoms with van der Waals surface area (Å²) in [5, 5.41) is 0. The molecule has 0 nitrogen and oxygen atoms in total. The SMILES string of the molecule is [F-].[F-].[F-].[Ho+3]. The van der Waals surface area contributed by atoms with Crippen LogP contribution in [-0.4, -0.2) is 0 Å². The topological polar surface area (TPSA) is 0 Å². The first kappa shape index (κ1) is 75.2. The fraction of sp³-hybridized carbons (Fsp3) is 0. The Balaban J connectivity index is 0. The maximum absolute atomic E-state index is 0. The van der Waals surface area contributed by atoms with Crippen LogP contribution in [-0.2, 0) is 0 Å². The van der Waals surface area contributed by atoms with Gasteiger partial charge in [-0.2, -0.15) is 0 Å². The van der Waals surface area contributed by atoms with E-state index in [1.807, 2.05) is 0 Å². The van der Waals surface area contributed by atoms with Crippen molar-refractivity contribution < 1.29 is 51.9 Å². The Bertz CT molecular complexity index is 3.25. The van der Waals surface area contributed by atoms with Gasteiger partial charge in [0.05, 0.1) is 0 Å². The molecule has 0 amide bonds. The molecule has 0 aliphatic carbocycles. The minimum atomic E-state index is 0. The number of hydrogen-bond donors (Lipinski definition) is 0. The summed E-state index contributed by atoms with van der Waals surface area (Å²) in [5.41, 5.74) is 0.